The highest BCUT2D eigenvalue weighted by Gasteiger charge is 2.35. The Balaban J connectivity index is 0.913. The van der Waals surface area contributed by atoms with Crippen molar-refractivity contribution in [3.05, 3.63) is 211 Å². The Labute approximate surface area is 375 Å². The van der Waals surface area contributed by atoms with Crippen LogP contribution in [0, 0.1) is 0 Å². The summed E-state index contributed by atoms with van der Waals surface area (Å²) >= 11 is 0. The third kappa shape index (κ3) is 6.04. The predicted molar refractivity (Wildman–Crippen MR) is 265 cm³/mol. The Morgan fingerprint density at radius 1 is 0.308 bits per heavy atom. The van der Waals surface area contributed by atoms with Crippen LogP contribution in [0.1, 0.15) is 25.0 Å². The van der Waals surface area contributed by atoms with Gasteiger partial charge in [-0.15, -0.1) is 0 Å². The van der Waals surface area contributed by atoms with Crippen LogP contribution in [0.15, 0.2) is 209 Å². The van der Waals surface area contributed by atoms with E-state index in [2.05, 4.69) is 166 Å². The van der Waals surface area contributed by atoms with Crippen LogP contribution in [-0.4, -0.2) is 15.0 Å². The molecular weight excluding hydrogens is 795 g/mol. The standard InChI is InChI=1S/C60H39N3O2/c1-60(2)50-16-8-6-13-44(50)45-30-27-42(35-51(45)60)39-21-19-38(20-22-39)41-28-31-54-49(33-41)56-47(15-10-18-55(56)65-54)59-62-57(40-25-23-37(24-26-40)36-11-4-3-5-12-36)61-58(63-59)43-29-32-53-48(34-43)46-14-7-9-17-52(46)64-53/h3-35H,1-2H3. The molecule has 3 aromatic heterocycles. The lowest BCUT2D eigenvalue weighted by molar-refractivity contribution is 0.660. The van der Waals surface area contributed by atoms with Gasteiger partial charge < -0.3 is 8.83 Å². The first kappa shape index (κ1) is 37.2. The van der Waals surface area contributed by atoms with Crippen LogP contribution >= 0.6 is 0 Å². The maximum Gasteiger partial charge on any atom is 0.164 e. The number of fused-ring (bicyclic) bond motifs is 9. The molecule has 0 amide bonds. The molecule has 12 aromatic rings. The number of aromatic nitrogens is 3. The lowest BCUT2D eigenvalue weighted by Gasteiger charge is -2.22. The van der Waals surface area contributed by atoms with Gasteiger partial charge in [0.2, 0.25) is 0 Å². The quantitative estimate of drug-likeness (QED) is 0.167. The second kappa shape index (κ2) is 14.3. The molecule has 0 spiro atoms. The van der Waals surface area contributed by atoms with Crippen molar-refractivity contribution in [2.24, 2.45) is 0 Å². The summed E-state index contributed by atoms with van der Waals surface area (Å²) in [6.45, 7) is 4.66. The van der Waals surface area contributed by atoms with Gasteiger partial charge in [-0.25, -0.2) is 15.0 Å². The van der Waals surface area contributed by atoms with Crippen LogP contribution in [0.5, 0.6) is 0 Å². The molecule has 0 fully saturated rings. The highest BCUT2D eigenvalue weighted by Crippen LogP contribution is 2.49. The summed E-state index contributed by atoms with van der Waals surface area (Å²) in [5.41, 5.74) is 18.2. The number of furan rings is 2. The summed E-state index contributed by atoms with van der Waals surface area (Å²) < 4.78 is 12.7. The summed E-state index contributed by atoms with van der Waals surface area (Å²) in [5, 5.41) is 4.02. The monoisotopic (exact) mass is 833 g/mol. The minimum absolute atomic E-state index is 0.0496. The van der Waals surface area contributed by atoms with E-state index >= 15 is 0 Å². The van der Waals surface area contributed by atoms with E-state index in [1.807, 2.05) is 48.5 Å². The number of hydrogen-bond donors (Lipinski definition) is 0. The zero-order valence-corrected chi connectivity index (χ0v) is 35.7. The lowest BCUT2D eigenvalue weighted by Crippen LogP contribution is -2.14. The molecule has 0 saturated heterocycles. The van der Waals surface area contributed by atoms with Crippen molar-refractivity contribution in [2.45, 2.75) is 19.3 Å². The molecule has 3 heterocycles. The molecule has 1 aliphatic carbocycles. The van der Waals surface area contributed by atoms with Gasteiger partial charge in [0.25, 0.3) is 0 Å². The predicted octanol–water partition coefficient (Wildman–Crippen LogP) is 16.0. The average Bonchev–Trinajstić information content (AvgIpc) is 4.01. The van der Waals surface area contributed by atoms with Crippen molar-refractivity contribution in [1.29, 1.82) is 0 Å². The number of para-hydroxylation sites is 1. The van der Waals surface area contributed by atoms with Crippen molar-refractivity contribution < 1.29 is 8.83 Å². The molecule has 1 aliphatic rings. The zero-order chi connectivity index (χ0) is 43.2. The van der Waals surface area contributed by atoms with Crippen LogP contribution in [0.4, 0.5) is 0 Å². The summed E-state index contributed by atoms with van der Waals surface area (Å²) in [6, 6.07) is 70.3. The van der Waals surface area contributed by atoms with Crippen LogP contribution in [0.25, 0.3) is 123 Å². The largest absolute Gasteiger partial charge is 0.456 e. The fraction of sp³-hybridized carbons (Fsp3) is 0.0500. The summed E-state index contributed by atoms with van der Waals surface area (Å²) in [5.74, 6) is 1.73. The third-order valence-corrected chi connectivity index (χ3v) is 13.4. The van der Waals surface area contributed by atoms with Crippen LogP contribution in [-0.2, 0) is 5.41 Å². The Morgan fingerprint density at radius 3 is 1.60 bits per heavy atom. The van der Waals surface area contributed by atoms with Gasteiger partial charge in [-0.1, -0.05) is 166 Å². The molecule has 0 atom stereocenters. The van der Waals surface area contributed by atoms with Crippen molar-refractivity contribution in [3.63, 3.8) is 0 Å². The van der Waals surface area contributed by atoms with E-state index in [1.165, 1.54) is 33.4 Å². The molecule has 0 saturated carbocycles. The van der Waals surface area contributed by atoms with Gasteiger partial charge in [0, 0.05) is 43.7 Å². The van der Waals surface area contributed by atoms with Crippen molar-refractivity contribution >= 4 is 43.9 Å². The van der Waals surface area contributed by atoms with Gasteiger partial charge in [-0.3, -0.25) is 0 Å². The zero-order valence-electron chi connectivity index (χ0n) is 35.7. The molecule has 9 aromatic carbocycles. The molecule has 5 heteroatoms. The van der Waals surface area contributed by atoms with Gasteiger partial charge >= 0.3 is 0 Å². The fourth-order valence-corrected chi connectivity index (χ4v) is 9.99. The second-order valence-corrected chi connectivity index (χ2v) is 17.6. The molecule has 0 aliphatic heterocycles. The number of rotatable bonds is 6. The SMILES string of the molecule is CC1(C)c2ccccc2-c2ccc(-c3ccc(-c4ccc5oc6cccc(-c7nc(-c8ccc(-c9ccccc9)cc8)nc(-c8ccc9oc%10ccccc%10c9c8)n7)c6c5c4)cc3)cc21. The summed E-state index contributed by atoms with van der Waals surface area (Å²) in [6.07, 6.45) is 0. The Bertz CT molecular complexity index is 3840. The van der Waals surface area contributed by atoms with E-state index in [1.54, 1.807) is 0 Å². The normalized spacial score (nSPS) is 12.9. The molecule has 306 valence electrons. The van der Waals surface area contributed by atoms with Gasteiger partial charge in [-0.2, -0.15) is 0 Å². The molecule has 5 nitrogen and oxygen atoms in total. The molecule has 0 bridgehead atoms. The smallest absolute Gasteiger partial charge is 0.164 e. The van der Waals surface area contributed by atoms with Crippen LogP contribution in [0.3, 0.4) is 0 Å². The van der Waals surface area contributed by atoms with Crippen LogP contribution in [0.2, 0.25) is 0 Å². The highest BCUT2D eigenvalue weighted by atomic mass is 16.3. The molecule has 0 N–H and O–H groups in total. The summed E-state index contributed by atoms with van der Waals surface area (Å²) in [4.78, 5) is 15.6. The molecule has 0 radical (unpaired) electrons. The Morgan fingerprint density at radius 2 is 0.800 bits per heavy atom. The van der Waals surface area contributed by atoms with Crippen molar-refractivity contribution in [3.8, 4) is 78.7 Å². The maximum atomic E-state index is 6.54. The van der Waals surface area contributed by atoms with Gasteiger partial charge in [0.15, 0.2) is 17.5 Å². The van der Waals surface area contributed by atoms with Gasteiger partial charge in [0.1, 0.15) is 22.3 Å². The Hall–Kier alpha value is -8.41. The molecule has 0 unspecified atom stereocenters. The van der Waals surface area contributed by atoms with E-state index in [0.717, 1.165) is 82.8 Å². The molecular formula is C60H39N3O2. The number of nitrogens with zero attached hydrogens (tertiary/aromatic N) is 3. The van der Waals surface area contributed by atoms with Gasteiger partial charge in [0.05, 0.1) is 0 Å². The van der Waals surface area contributed by atoms with Gasteiger partial charge in [-0.05, 0) is 104 Å². The molecule has 13 rings (SSSR count). The van der Waals surface area contributed by atoms with E-state index in [4.69, 9.17) is 23.8 Å². The van der Waals surface area contributed by atoms with E-state index in [-0.39, 0.29) is 5.41 Å². The minimum atomic E-state index is -0.0496. The maximum absolute atomic E-state index is 6.54. The highest BCUT2D eigenvalue weighted by molar-refractivity contribution is 6.13. The topological polar surface area (TPSA) is 65.0 Å². The number of benzene rings is 9. The fourth-order valence-electron chi connectivity index (χ4n) is 9.99. The van der Waals surface area contributed by atoms with E-state index in [9.17, 15) is 0 Å². The molecule has 65 heavy (non-hydrogen) atoms. The second-order valence-electron chi connectivity index (χ2n) is 17.6. The Kier molecular flexibility index (Phi) is 8.18. The average molecular weight is 834 g/mol. The minimum Gasteiger partial charge on any atom is -0.456 e. The first-order valence-electron chi connectivity index (χ1n) is 22.1. The van der Waals surface area contributed by atoms with Crippen molar-refractivity contribution in [2.75, 3.05) is 0 Å². The first-order chi connectivity index (χ1) is 31.9. The lowest BCUT2D eigenvalue weighted by atomic mass is 9.81. The van der Waals surface area contributed by atoms with Crippen LogP contribution < -0.4 is 0 Å². The first-order valence-corrected chi connectivity index (χ1v) is 22.1. The summed E-state index contributed by atoms with van der Waals surface area (Å²) in [7, 11) is 0. The third-order valence-electron chi connectivity index (χ3n) is 13.4. The number of hydrogen-bond acceptors (Lipinski definition) is 5. The van der Waals surface area contributed by atoms with E-state index in [0.29, 0.717) is 17.5 Å². The van der Waals surface area contributed by atoms with Crippen molar-refractivity contribution in [1.82, 2.24) is 15.0 Å². The van der Waals surface area contributed by atoms with E-state index < -0.39 is 0 Å².